The molecule has 2 heterocycles. The number of aromatic nitrogens is 2. The third-order valence-electron chi connectivity index (χ3n) is 5.72. The Kier molecular flexibility index (Phi) is 9.38. The number of nitrogens with zero attached hydrogens (tertiary/aromatic N) is 2. The third-order valence-corrected chi connectivity index (χ3v) is 6.50. The number of carbonyl (C=O) groups excluding carboxylic acids is 1. The molecule has 0 aliphatic carbocycles. The molecule has 2 unspecified atom stereocenters. The molecule has 0 saturated carbocycles. The van der Waals surface area contributed by atoms with Crippen molar-refractivity contribution in [3.63, 3.8) is 0 Å². The summed E-state index contributed by atoms with van der Waals surface area (Å²) in [6, 6.07) is 24.8. The van der Waals surface area contributed by atoms with Gasteiger partial charge in [-0.05, 0) is 48.2 Å². The van der Waals surface area contributed by atoms with E-state index in [0.717, 1.165) is 16.9 Å². The van der Waals surface area contributed by atoms with Crippen molar-refractivity contribution in [3.8, 4) is 0 Å². The van der Waals surface area contributed by atoms with Gasteiger partial charge in [-0.1, -0.05) is 60.7 Å². The van der Waals surface area contributed by atoms with E-state index >= 15 is 0 Å². The van der Waals surface area contributed by atoms with Crippen molar-refractivity contribution in [2.45, 2.75) is 38.0 Å². The Labute approximate surface area is 210 Å². The van der Waals surface area contributed by atoms with Crippen molar-refractivity contribution in [2.75, 3.05) is 6.54 Å². The summed E-state index contributed by atoms with van der Waals surface area (Å²) in [6.07, 6.45) is 6.96. The first kappa shape index (κ1) is 24.6. The average Bonchev–Trinajstić information content (AvgIpc) is 3.42. The van der Waals surface area contributed by atoms with Crippen LogP contribution in [-0.2, 0) is 24.1 Å². The van der Waals surface area contributed by atoms with Gasteiger partial charge in [-0.15, -0.1) is 11.3 Å². The van der Waals surface area contributed by atoms with Gasteiger partial charge < -0.3 is 15.4 Å². The van der Waals surface area contributed by atoms with Crippen molar-refractivity contribution in [2.24, 2.45) is 0 Å². The topological polar surface area (TPSA) is 76.1 Å². The molecule has 2 N–H and O–H groups in total. The minimum absolute atomic E-state index is 0.137. The van der Waals surface area contributed by atoms with Gasteiger partial charge in [0.1, 0.15) is 6.10 Å². The smallest absolute Gasteiger partial charge is 0.407 e. The summed E-state index contributed by atoms with van der Waals surface area (Å²) in [5, 5.41) is 6.52. The SMILES string of the molecule is O=C(NCc1cncs1)OC(CCNC(Cc1ccccc1)c1ccncc1)Cc1ccccc1. The number of nitrogens with one attached hydrogen (secondary N) is 2. The lowest BCUT2D eigenvalue weighted by Crippen LogP contribution is -2.33. The highest BCUT2D eigenvalue weighted by molar-refractivity contribution is 7.09. The van der Waals surface area contributed by atoms with Gasteiger partial charge >= 0.3 is 6.09 Å². The van der Waals surface area contributed by atoms with Gasteiger partial charge in [0.25, 0.3) is 0 Å². The molecular weight excluding hydrogens is 456 g/mol. The minimum Gasteiger partial charge on any atom is -0.446 e. The summed E-state index contributed by atoms with van der Waals surface area (Å²) in [4.78, 5) is 21.7. The van der Waals surface area contributed by atoms with Crippen LogP contribution in [0.5, 0.6) is 0 Å². The fourth-order valence-electron chi connectivity index (χ4n) is 3.93. The van der Waals surface area contributed by atoms with Crippen LogP contribution in [0.3, 0.4) is 0 Å². The lowest BCUT2D eigenvalue weighted by atomic mass is 9.99. The molecule has 2 aromatic carbocycles. The normalized spacial score (nSPS) is 12.6. The number of rotatable bonds is 12. The maximum absolute atomic E-state index is 12.5. The molecule has 4 aromatic rings. The Morgan fingerprint density at radius 3 is 2.23 bits per heavy atom. The Morgan fingerprint density at radius 1 is 0.886 bits per heavy atom. The zero-order valence-electron chi connectivity index (χ0n) is 19.5. The standard InChI is InChI=1S/C28H30N4O2S/c33-28(32-20-26-19-30-21-35-26)34-25(17-22-7-3-1-4-8-22)13-16-31-27(24-11-14-29-15-12-24)18-23-9-5-2-6-10-23/h1-12,14-15,19,21,25,27,31H,13,16-18,20H2,(H,32,33). The molecule has 0 spiro atoms. The van der Waals surface area contributed by atoms with Gasteiger partial charge in [0.05, 0.1) is 12.1 Å². The minimum atomic E-state index is -0.408. The van der Waals surface area contributed by atoms with Crippen LogP contribution in [-0.4, -0.2) is 28.7 Å². The van der Waals surface area contributed by atoms with E-state index in [0.29, 0.717) is 25.9 Å². The highest BCUT2D eigenvalue weighted by atomic mass is 32.1. The van der Waals surface area contributed by atoms with E-state index in [9.17, 15) is 4.79 Å². The maximum atomic E-state index is 12.5. The molecule has 0 aliphatic rings. The second-order valence-corrected chi connectivity index (χ2v) is 9.27. The second kappa shape index (κ2) is 13.4. The highest BCUT2D eigenvalue weighted by Crippen LogP contribution is 2.19. The van der Waals surface area contributed by atoms with Crippen LogP contribution >= 0.6 is 11.3 Å². The van der Waals surface area contributed by atoms with E-state index < -0.39 is 6.09 Å². The van der Waals surface area contributed by atoms with Crippen LogP contribution < -0.4 is 10.6 Å². The van der Waals surface area contributed by atoms with Crippen LogP contribution in [0.15, 0.2) is 96.9 Å². The van der Waals surface area contributed by atoms with Gasteiger partial charge in [0.15, 0.2) is 0 Å². The summed E-state index contributed by atoms with van der Waals surface area (Å²) in [6.45, 7) is 1.13. The van der Waals surface area contributed by atoms with Crippen molar-refractivity contribution >= 4 is 17.4 Å². The van der Waals surface area contributed by atoms with Gasteiger partial charge in [0.2, 0.25) is 0 Å². The Hall–Kier alpha value is -3.55. The molecule has 2 atom stereocenters. The molecule has 180 valence electrons. The first-order valence-electron chi connectivity index (χ1n) is 11.8. The van der Waals surface area contributed by atoms with Gasteiger partial charge in [-0.25, -0.2) is 4.79 Å². The molecule has 0 bridgehead atoms. The Bertz CT molecular complexity index is 1130. The highest BCUT2D eigenvalue weighted by Gasteiger charge is 2.18. The predicted octanol–water partition coefficient (Wildman–Crippen LogP) is 5.34. The average molecular weight is 487 g/mol. The number of hydrogen-bond acceptors (Lipinski definition) is 6. The number of thiazole rings is 1. The summed E-state index contributed by atoms with van der Waals surface area (Å²) in [7, 11) is 0. The summed E-state index contributed by atoms with van der Waals surface area (Å²) in [5.74, 6) is 0. The van der Waals surface area contributed by atoms with Crippen molar-refractivity contribution in [1.82, 2.24) is 20.6 Å². The first-order chi connectivity index (χ1) is 17.3. The van der Waals surface area contributed by atoms with E-state index in [4.69, 9.17) is 4.74 Å². The fourth-order valence-corrected chi connectivity index (χ4v) is 4.47. The Morgan fingerprint density at radius 2 is 1.57 bits per heavy atom. The number of carbonyl (C=O) groups is 1. The molecule has 6 nitrogen and oxygen atoms in total. The number of ether oxygens (including phenoxy) is 1. The van der Waals surface area contributed by atoms with E-state index in [1.54, 1.807) is 11.7 Å². The number of alkyl carbamates (subject to hydrolysis) is 1. The lowest BCUT2D eigenvalue weighted by Gasteiger charge is -2.22. The summed E-state index contributed by atoms with van der Waals surface area (Å²) < 4.78 is 5.84. The molecule has 0 aliphatic heterocycles. The lowest BCUT2D eigenvalue weighted by molar-refractivity contribution is 0.0917. The van der Waals surface area contributed by atoms with Crippen LogP contribution in [0.4, 0.5) is 4.79 Å². The van der Waals surface area contributed by atoms with Crippen LogP contribution in [0.2, 0.25) is 0 Å². The van der Waals surface area contributed by atoms with Crippen LogP contribution in [0.1, 0.15) is 34.0 Å². The largest absolute Gasteiger partial charge is 0.446 e. The molecule has 1 amide bonds. The molecule has 0 fully saturated rings. The molecule has 0 saturated heterocycles. The molecule has 35 heavy (non-hydrogen) atoms. The number of hydrogen-bond donors (Lipinski definition) is 2. The van der Waals surface area contributed by atoms with Gasteiger partial charge in [-0.2, -0.15) is 0 Å². The molecule has 4 rings (SSSR count). The molecule has 7 heteroatoms. The van der Waals surface area contributed by atoms with Crippen LogP contribution in [0, 0.1) is 0 Å². The molecule has 0 radical (unpaired) electrons. The molecule has 2 aromatic heterocycles. The van der Waals surface area contributed by atoms with Gasteiger partial charge in [0, 0.05) is 35.9 Å². The van der Waals surface area contributed by atoms with Crippen molar-refractivity contribution in [3.05, 3.63) is 118 Å². The monoisotopic (exact) mass is 486 g/mol. The van der Waals surface area contributed by atoms with E-state index in [1.807, 2.05) is 48.8 Å². The van der Waals surface area contributed by atoms with Crippen molar-refractivity contribution < 1.29 is 9.53 Å². The number of amides is 1. The van der Waals surface area contributed by atoms with E-state index in [1.165, 1.54) is 22.5 Å². The van der Waals surface area contributed by atoms with Gasteiger partial charge in [-0.3, -0.25) is 9.97 Å². The van der Waals surface area contributed by atoms with Crippen molar-refractivity contribution in [1.29, 1.82) is 0 Å². The van der Waals surface area contributed by atoms with Crippen LogP contribution in [0.25, 0.3) is 0 Å². The Balaban J connectivity index is 1.37. The zero-order valence-corrected chi connectivity index (χ0v) is 20.4. The second-order valence-electron chi connectivity index (χ2n) is 8.30. The zero-order chi connectivity index (χ0) is 24.1. The van der Waals surface area contributed by atoms with E-state index in [-0.39, 0.29) is 12.1 Å². The quantitative estimate of drug-likeness (QED) is 0.283. The maximum Gasteiger partial charge on any atom is 0.407 e. The number of benzene rings is 2. The predicted molar refractivity (Wildman–Crippen MR) is 139 cm³/mol. The third kappa shape index (κ3) is 8.31. The van der Waals surface area contributed by atoms with E-state index in [2.05, 4.69) is 57.0 Å². The summed E-state index contributed by atoms with van der Waals surface area (Å²) in [5.41, 5.74) is 5.34. The molecular formula is C28H30N4O2S. The first-order valence-corrected chi connectivity index (χ1v) is 12.7. The fraction of sp³-hybridized carbons (Fsp3) is 0.250. The number of pyridine rings is 1. The summed E-state index contributed by atoms with van der Waals surface area (Å²) >= 11 is 1.51.